The van der Waals surface area contributed by atoms with Gasteiger partial charge in [-0.1, -0.05) is 60.1 Å². The fourth-order valence-electron chi connectivity index (χ4n) is 3.31. The lowest BCUT2D eigenvalue weighted by Gasteiger charge is -2.24. The van der Waals surface area contributed by atoms with Crippen LogP contribution in [0.3, 0.4) is 0 Å². The molecule has 2 rings (SSSR count). The molecule has 0 fully saturated rings. The molecule has 2 aromatic carbocycles. The topological polar surface area (TPSA) is 131 Å². The molecule has 0 bridgehead atoms. The summed E-state index contributed by atoms with van der Waals surface area (Å²) < 4.78 is 5.36. The van der Waals surface area contributed by atoms with Crippen molar-refractivity contribution in [3.05, 3.63) is 64.1 Å². The summed E-state index contributed by atoms with van der Waals surface area (Å²) in [5.74, 6) is -4.04. The number of benzene rings is 2. The van der Waals surface area contributed by atoms with Crippen LogP contribution in [0.2, 0.25) is 0 Å². The minimum Gasteiger partial charge on any atom is -0.467 e. The van der Waals surface area contributed by atoms with Crippen molar-refractivity contribution in [1.29, 1.82) is 0 Å². The van der Waals surface area contributed by atoms with Crippen molar-refractivity contribution in [2.45, 2.75) is 39.3 Å². The summed E-state index contributed by atoms with van der Waals surface area (Å²) in [6.07, 6.45) is 0.190. The van der Waals surface area contributed by atoms with Gasteiger partial charge in [-0.05, 0) is 29.7 Å². The second-order valence-corrected chi connectivity index (χ2v) is 9.09. The van der Waals surface area contributed by atoms with Crippen LogP contribution >= 0.6 is 28.3 Å². The Kier molecular flexibility index (Phi) is 12.3. The fraction of sp³-hybridized carbons (Fsp3) is 0.320. The maximum Gasteiger partial charge on any atom is 0.328 e. The van der Waals surface area contributed by atoms with Gasteiger partial charge in [0.25, 0.3) is 11.7 Å². The van der Waals surface area contributed by atoms with Crippen LogP contribution in [0, 0.1) is 5.92 Å². The van der Waals surface area contributed by atoms with Gasteiger partial charge in [-0.3, -0.25) is 19.2 Å². The lowest BCUT2D eigenvalue weighted by Crippen LogP contribution is -2.55. The number of amides is 3. The van der Waals surface area contributed by atoms with E-state index in [4.69, 9.17) is 4.74 Å². The number of halogens is 2. The van der Waals surface area contributed by atoms with E-state index >= 15 is 0 Å². The molecule has 0 saturated heterocycles. The van der Waals surface area contributed by atoms with Gasteiger partial charge in [-0.2, -0.15) is 0 Å². The van der Waals surface area contributed by atoms with Crippen LogP contribution < -0.4 is 16.0 Å². The van der Waals surface area contributed by atoms with E-state index in [9.17, 15) is 24.0 Å². The molecule has 36 heavy (non-hydrogen) atoms. The van der Waals surface area contributed by atoms with Crippen LogP contribution in [0.5, 0.6) is 0 Å². The summed E-state index contributed by atoms with van der Waals surface area (Å²) in [4.78, 5) is 62.6. The minimum absolute atomic E-state index is 0. The zero-order chi connectivity index (χ0) is 26.1. The van der Waals surface area contributed by atoms with Gasteiger partial charge in [-0.15, -0.1) is 12.4 Å². The van der Waals surface area contributed by atoms with Crippen LogP contribution in [0.25, 0.3) is 0 Å². The van der Waals surface area contributed by atoms with Gasteiger partial charge in [0.05, 0.1) is 18.4 Å². The first kappa shape index (κ1) is 30.8. The van der Waals surface area contributed by atoms with E-state index in [1.165, 1.54) is 26.2 Å². The number of hydrogen-bond acceptors (Lipinski definition) is 6. The monoisotopic (exact) mass is 581 g/mol. The number of Topliss-reactive ketones (excluding diaryl/α,β-unsaturated/α-hetero) is 1. The number of hydrogen-bond donors (Lipinski definition) is 3. The number of anilines is 1. The lowest BCUT2D eigenvalue weighted by molar-refractivity contribution is -0.145. The Morgan fingerprint density at radius 3 is 2.17 bits per heavy atom. The van der Waals surface area contributed by atoms with Crippen LogP contribution in [0.4, 0.5) is 5.69 Å². The quantitative estimate of drug-likeness (QED) is 0.224. The van der Waals surface area contributed by atoms with Crippen molar-refractivity contribution in [3.63, 3.8) is 0 Å². The Labute approximate surface area is 224 Å². The highest BCUT2D eigenvalue weighted by Gasteiger charge is 2.31. The second-order valence-electron chi connectivity index (χ2n) is 8.17. The van der Waals surface area contributed by atoms with Crippen LogP contribution in [0.1, 0.15) is 36.7 Å². The molecular weight excluding hydrogens is 554 g/mol. The molecule has 2 aromatic rings. The van der Waals surface area contributed by atoms with Gasteiger partial charge in [-0.25, -0.2) is 4.79 Å². The first-order valence-corrected chi connectivity index (χ1v) is 11.7. The molecule has 0 saturated carbocycles. The third kappa shape index (κ3) is 8.76. The molecule has 0 aliphatic carbocycles. The normalized spacial score (nSPS) is 11.9. The van der Waals surface area contributed by atoms with Crippen molar-refractivity contribution >= 4 is 63.5 Å². The van der Waals surface area contributed by atoms with Gasteiger partial charge in [0.2, 0.25) is 11.8 Å². The summed E-state index contributed by atoms with van der Waals surface area (Å²) in [7, 11) is 1.22. The molecule has 0 unspecified atom stereocenters. The SMILES string of the molecule is COC(=O)[C@H](Cc1ccccc1)NC(=O)[C@@H](NC(=O)C(=O)c1cc(Br)ccc1NC(C)=O)C(C)C.Cl. The van der Waals surface area contributed by atoms with E-state index in [2.05, 4.69) is 31.9 Å². The van der Waals surface area contributed by atoms with Crippen LogP contribution in [-0.4, -0.2) is 48.7 Å². The minimum atomic E-state index is -1.11. The van der Waals surface area contributed by atoms with Crippen LogP contribution in [-0.2, 0) is 30.3 Å². The average Bonchev–Trinajstić information content (AvgIpc) is 2.82. The zero-order valence-electron chi connectivity index (χ0n) is 20.3. The third-order valence-electron chi connectivity index (χ3n) is 5.06. The molecule has 0 heterocycles. The number of ether oxygens (including phenoxy) is 1. The average molecular weight is 583 g/mol. The van der Waals surface area contributed by atoms with Crippen molar-refractivity contribution in [1.82, 2.24) is 10.6 Å². The molecule has 0 aromatic heterocycles. The summed E-state index contributed by atoms with van der Waals surface area (Å²) in [5, 5.41) is 7.60. The molecule has 194 valence electrons. The fourth-order valence-corrected chi connectivity index (χ4v) is 3.67. The number of ketones is 1. The maximum atomic E-state index is 13.1. The van der Waals surface area contributed by atoms with Crippen molar-refractivity contribution in [2.75, 3.05) is 12.4 Å². The van der Waals surface area contributed by atoms with Gasteiger partial charge in [0, 0.05) is 17.8 Å². The molecule has 3 N–H and O–H groups in total. The summed E-state index contributed by atoms with van der Waals surface area (Å²) in [5.41, 5.74) is 0.940. The number of methoxy groups -OCH3 is 1. The number of carbonyl (C=O) groups is 5. The highest BCUT2D eigenvalue weighted by molar-refractivity contribution is 9.10. The Bertz CT molecular complexity index is 1110. The van der Waals surface area contributed by atoms with E-state index in [1.54, 1.807) is 19.9 Å². The molecule has 2 atom stereocenters. The van der Waals surface area contributed by atoms with Gasteiger partial charge < -0.3 is 20.7 Å². The molecule has 0 aliphatic rings. The van der Waals surface area contributed by atoms with Crippen LogP contribution in [0.15, 0.2) is 53.0 Å². The summed E-state index contributed by atoms with van der Waals surface area (Å²) in [6, 6.07) is 11.5. The van der Waals surface area contributed by atoms with Gasteiger partial charge in [0.1, 0.15) is 12.1 Å². The van der Waals surface area contributed by atoms with Gasteiger partial charge in [0.15, 0.2) is 0 Å². The highest BCUT2D eigenvalue weighted by atomic mass is 79.9. The second kappa shape index (κ2) is 14.4. The van der Waals surface area contributed by atoms with E-state index in [0.717, 1.165) is 5.56 Å². The van der Waals surface area contributed by atoms with Gasteiger partial charge >= 0.3 is 5.97 Å². The molecule has 0 radical (unpaired) electrons. The van der Waals surface area contributed by atoms with E-state index in [1.807, 2.05) is 30.3 Å². The number of carbonyl (C=O) groups excluding carboxylic acids is 5. The van der Waals surface area contributed by atoms with E-state index < -0.39 is 47.5 Å². The molecule has 0 aliphatic heterocycles. The highest BCUT2D eigenvalue weighted by Crippen LogP contribution is 2.22. The van der Waals surface area contributed by atoms with Crippen molar-refractivity contribution in [2.24, 2.45) is 5.92 Å². The summed E-state index contributed by atoms with van der Waals surface area (Å²) in [6.45, 7) is 4.67. The van der Waals surface area contributed by atoms with E-state index in [-0.39, 0.29) is 30.1 Å². The Morgan fingerprint density at radius 1 is 0.972 bits per heavy atom. The molecule has 0 spiro atoms. The predicted octanol–water partition coefficient (Wildman–Crippen LogP) is 3.05. The molecule has 11 heteroatoms. The number of rotatable bonds is 10. The third-order valence-corrected chi connectivity index (χ3v) is 5.56. The van der Waals surface area contributed by atoms with Crippen molar-refractivity contribution < 1.29 is 28.7 Å². The molecule has 9 nitrogen and oxygen atoms in total. The van der Waals surface area contributed by atoms with E-state index in [0.29, 0.717) is 4.47 Å². The first-order chi connectivity index (χ1) is 16.5. The smallest absolute Gasteiger partial charge is 0.328 e. The Hall–Kier alpha value is -3.24. The zero-order valence-corrected chi connectivity index (χ0v) is 22.7. The number of nitrogens with one attached hydrogen (secondary N) is 3. The maximum absolute atomic E-state index is 13.1. The lowest BCUT2D eigenvalue weighted by atomic mass is 10.0. The Balaban J connectivity index is 0.00000648. The standard InChI is InChI=1S/C25H28BrN3O6.ClH/c1-14(2)21(23(32)28-20(25(34)35-4)12-16-8-6-5-7-9-16)29-24(33)22(31)18-13-17(26)10-11-19(18)27-15(3)30;/h5-11,13-14,20-21H,12H2,1-4H3,(H,27,30)(H,28,32)(H,29,33);1H/t20-,21-;/m0./s1. The van der Waals surface area contributed by atoms with Crippen molar-refractivity contribution in [3.8, 4) is 0 Å². The largest absolute Gasteiger partial charge is 0.467 e. The first-order valence-electron chi connectivity index (χ1n) is 10.9. The summed E-state index contributed by atoms with van der Waals surface area (Å²) >= 11 is 3.25. The predicted molar refractivity (Wildman–Crippen MR) is 141 cm³/mol. The molecular formula is C25H29BrClN3O6. The Morgan fingerprint density at radius 2 is 1.61 bits per heavy atom. The number of esters is 1. The molecule has 3 amide bonds.